The number of amides is 1. The number of carbonyl (C=O) groups is 1. The Morgan fingerprint density at radius 3 is 2.40 bits per heavy atom. The van der Waals surface area contributed by atoms with Gasteiger partial charge in [0.1, 0.15) is 5.56 Å². The van der Waals surface area contributed by atoms with Crippen molar-refractivity contribution in [2.75, 3.05) is 13.2 Å². The van der Waals surface area contributed by atoms with E-state index in [1.54, 1.807) is 10.6 Å². The van der Waals surface area contributed by atoms with Crippen molar-refractivity contribution in [1.82, 2.24) is 9.88 Å². The number of aromatic nitrogens is 1. The predicted molar refractivity (Wildman–Crippen MR) is 122 cm³/mol. The van der Waals surface area contributed by atoms with Crippen LogP contribution in [0.3, 0.4) is 0 Å². The molecular weight excluding hydrogens is 376 g/mol. The molecule has 0 saturated carbocycles. The second-order valence-electron chi connectivity index (χ2n) is 7.78. The van der Waals surface area contributed by atoms with E-state index < -0.39 is 0 Å². The third-order valence-corrected chi connectivity index (χ3v) is 5.38. The quantitative estimate of drug-likeness (QED) is 0.459. The average Bonchev–Trinajstić information content (AvgIpc) is 2.76. The molecule has 0 radical (unpaired) electrons. The molecule has 0 spiro atoms. The lowest BCUT2D eigenvalue weighted by Gasteiger charge is -2.14. The van der Waals surface area contributed by atoms with Gasteiger partial charge in [-0.05, 0) is 43.4 Å². The Labute approximate surface area is 180 Å². The number of aliphatic hydroxyl groups excluding tert-OH is 1. The van der Waals surface area contributed by atoms with Gasteiger partial charge in [0.25, 0.3) is 11.5 Å². The number of carbonyl (C=O) groups excluding carboxylic acids is 1. The largest absolute Gasteiger partial charge is 0.396 e. The van der Waals surface area contributed by atoms with Gasteiger partial charge in [-0.1, -0.05) is 69.4 Å². The summed E-state index contributed by atoms with van der Waals surface area (Å²) in [6, 6.07) is 13.5. The Bertz CT molecular complexity index is 815. The van der Waals surface area contributed by atoms with Gasteiger partial charge in [-0.3, -0.25) is 9.59 Å². The van der Waals surface area contributed by atoms with Crippen LogP contribution in [0.2, 0.25) is 0 Å². The zero-order chi connectivity index (χ0) is 21.6. The molecule has 1 amide bonds. The number of nitrogens with zero attached hydrogens (tertiary/aromatic N) is 1. The van der Waals surface area contributed by atoms with E-state index in [0.717, 1.165) is 36.9 Å². The number of hydrogen-bond donors (Lipinski definition) is 2. The lowest BCUT2D eigenvalue weighted by atomic mass is 10.1. The molecule has 1 aromatic heterocycles. The van der Waals surface area contributed by atoms with E-state index in [9.17, 15) is 14.7 Å². The van der Waals surface area contributed by atoms with Gasteiger partial charge in [-0.2, -0.15) is 0 Å². The minimum absolute atomic E-state index is 0.0242. The van der Waals surface area contributed by atoms with Crippen molar-refractivity contribution < 1.29 is 9.90 Å². The standard InChI is InChI=1S/C25H36N2O3/c1-2-3-4-5-6-10-14-22-15-16-23(25(30)27(22)19-11-20-28)24(29)26-18-17-21-12-8-7-9-13-21/h7-9,12-13,15-16,28H,2-6,10-11,14,17-20H2,1H3,(H,26,29). The van der Waals surface area contributed by atoms with E-state index in [1.165, 1.54) is 25.7 Å². The Kier molecular flexibility index (Phi) is 10.9. The molecule has 30 heavy (non-hydrogen) atoms. The number of aryl methyl sites for hydroxylation is 1. The Morgan fingerprint density at radius 1 is 0.933 bits per heavy atom. The molecule has 1 aromatic carbocycles. The maximum absolute atomic E-state index is 13.0. The third kappa shape index (κ3) is 7.79. The van der Waals surface area contributed by atoms with Crippen molar-refractivity contribution in [2.45, 2.75) is 71.3 Å². The van der Waals surface area contributed by atoms with Crippen LogP contribution in [0, 0.1) is 0 Å². The zero-order valence-corrected chi connectivity index (χ0v) is 18.2. The van der Waals surface area contributed by atoms with Crippen molar-refractivity contribution in [1.29, 1.82) is 0 Å². The van der Waals surface area contributed by atoms with Crippen LogP contribution in [-0.4, -0.2) is 28.7 Å². The first kappa shape index (κ1) is 23.9. The lowest BCUT2D eigenvalue weighted by molar-refractivity contribution is 0.0952. The van der Waals surface area contributed by atoms with Crippen LogP contribution in [0.1, 0.15) is 73.5 Å². The van der Waals surface area contributed by atoms with Crippen molar-refractivity contribution >= 4 is 5.91 Å². The predicted octanol–water partition coefficient (Wildman–Crippen LogP) is 4.11. The molecule has 0 aliphatic carbocycles. The van der Waals surface area contributed by atoms with E-state index in [-0.39, 0.29) is 23.6 Å². The number of nitrogens with one attached hydrogen (secondary N) is 1. The summed E-state index contributed by atoms with van der Waals surface area (Å²) in [5, 5.41) is 12.1. The first-order chi connectivity index (χ1) is 14.7. The average molecular weight is 413 g/mol. The van der Waals surface area contributed by atoms with Gasteiger partial charge in [-0.25, -0.2) is 0 Å². The normalized spacial score (nSPS) is 10.9. The summed E-state index contributed by atoms with van der Waals surface area (Å²) in [4.78, 5) is 25.5. The van der Waals surface area contributed by atoms with E-state index in [2.05, 4.69) is 12.2 Å². The smallest absolute Gasteiger partial charge is 0.263 e. The highest BCUT2D eigenvalue weighted by atomic mass is 16.3. The second-order valence-corrected chi connectivity index (χ2v) is 7.78. The maximum Gasteiger partial charge on any atom is 0.263 e. The molecular formula is C25H36N2O3. The summed E-state index contributed by atoms with van der Waals surface area (Å²) < 4.78 is 1.67. The monoisotopic (exact) mass is 412 g/mol. The van der Waals surface area contributed by atoms with Gasteiger partial charge >= 0.3 is 0 Å². The van der Waals surface area contributed by atoms with Gasteiger partial charge in [-0.15, -0.1) is 0 Å². The van der Waals surface area contributed by atoms with Gasteiger partial charge in [0.05, 0.1) is 0 Å². The third-order valence-electron chi connectivity index (χ3n) is 5.38. The molecule has 0 aliphatic heterocycles. The molecule has 0 atom stereocenters. The molecule has 5 nitrogen and oxygen atoms in total. The highest BCUT2D eigenvalue weighted by molar-refractivity contribution is 5.93. The number of pyridine rings is 1. The van der Waals surface area contributed by atoms with Crippen molar-refractivity contribution in [3.05, 3.63) is 69.6 Å². The number of unbranched alkanes of at least 4 members (excludes halogenated alkanes) is 5. The highest BCUT2D eigenvalue weighted by Crippen LogP contribution is 2.10. The molecule has 0 aliphatic rings. The van der Waals surface area contributed by atoms with Crippen molar-refractivity contribution in [2.24, 2.45) is 0 Å². The van der Waals surface area contributed by atoms with Gasteiger partial charge < -0.3 is 15.0 Å². The lowest BCUT2D eigenvalue weighted by Crippen LogP contribution is -2.35. The molecule has 1 heterocycles. The van der Waals surface area contributed by atoms with Crippen molar-refractivity contribution in [3.63, 3.8) is 0 Å². The molecule has 2 rings (SSSR count). The molecule has 164 valence electrons. The Balaban J connectivity index is 1.99. The fourth-order valence-corrected chi connectivity index (χ4v) is 3.63. The molecule has 2 aromatic rings. The first-order valence-electron chi connectivity index (χ1n) is 11.3. The maximum atomic E-state index is 13.0. The summed E-state index contributed by atoms with van der Waals surface area (Å²) in [6.07, 6.45) is 9.21. The number of benzene rings is 1. The Hall–Kier alpha value is -2.40. The fourth-order valence-electron chi connectivity index (χ4n) is 3.63. The van der Waals surface area contributed by atoms with Gasteiger partial charge in [0, 0.05) is 25.4 Å². The van der Waals surface area contributed by atoms with E-state index in [4.69, 9.17) is 0 Å². The number of aliphatic hydroxyl groups is 1. The molecule has 2 N–H and O–H groups in total. The first-order valence-corrected chi connectivity index (χ1v) is 11.3. The van der Waals surface area contributed by atoms with E-state index in [1.807, 2.05) is 36.4 Å². The van der Waals surface area contributed by atoms with Gasteiger partial charge in [0.2, 0.25) is 0 Å². The Morgan fingerprint density at radius 2 is 1.67 bits per heavy atom. The summed E-state index contributed by atoms with van der Waals surface area (Å²) in [7, 11) is 0. The SMILES string of the molecule is CCCCCCCCc1ccc(C(=O)NCCc2ccccc2)c(=O)n1CCCO. The molecule has 0 saturated heterocycles. The van der Waals surface area contributed by atoms with Crippen LogP contribution >= 0.6 is 0 Å². The van der Waals surface area contributed by atoms with Crippen molar-refractivity contribution in [3.8, 4) is 0 Å². The molecule has 0 fully saturated rings. The summed E-state index contributed by atoms with van der Waals surface area (Å²) in [5.41, 5.74) is 2.01. The van der Waals surface area contributed by atoms with Crippen LogP contribution in [0.15, 0.2) is 47.3 Å². The topological polar surface area (TPSA) is 71.3 Å². The summed E-state index contributed by atoms with van der Waals surface area (Å²) in [6.45, 7) is 3.15. The molecule has 5 heteroatoms. The van der Waals surface area contributed by atoms with Crippen LogP contribution < -0.4 is 10.9 Å². The van der Waals surface area contributed by atoms with Crippen LogP contribution in [-0.2, 0) is 19.4 Å². The molecule has 0 unspecified atom stereocenters. The van der Waals surface area contributed by atoms with E-state index >= 15 is 0 Å². The summed E-state index contributed by atoms with van der Waals surface area (Å²) >= 11 is 0. The van der Waals surface area contributed by atoms with Crippen LogP contribution in [0.25, 0.3) is 0 Å². The van der Waals surface area contributed by atoms with E-state index in [0.29, 0.717) is 19.5 Å². The minimum Gasteiger partial charge on any atom is -0.396 e. The second kappa shape index (κ2) is 13.8. The number of rotatable bonds is 14. The van der Waals surface area contributed by atoms with Crippen LogP contribution in [0.4, 0.5) is 0 Å². The highest BCUT2D eigenvalue weighted by Gasteiger charge is 2.14. The zero-order valence-electron chi connectivity index (χ0n) is 18.2. The van der Waals surface area contributed by atoms with Crippen LogP contribution in [0.5, 0.6) is 0 Å². The summed E-state index contributed by atoms with van der Waals surface area (Å²) in [5.74, 6) is -0.334. The number of hydrogen-bond acceptors (Lipinski definition) is 3. The van der Waals surface area contributed by atoms with Gasteiger partial charge in [0.15, 0.2) is 0 Å². The minimum atomic E-state index is -0.334. The molecule has 0 bridgehead atoms. The fraction of sp³-hybridized carbons (Fsp3) is 0.520.